The largest absolute Gasteiger partial charge is 0.328 e. The Kier molecular flexibility index (Phi) is 4.76. The highest BCUT2D eigenvalue weighted by Crippen LogP contribution is 2.30. The molecule has 5 heteroatoms. The van der Waals surface area contributed by atoms with E-state index in [9.17, 15) is 9.18 Å². The molecule has 0 aromatic carbocycles. The van der Waals surface area contributed by atoms with Crippen LogP contribution >= 0.6 is 0 Å². The standard InChI is InChI=1S/C18H18FN3O/c19-17(16-4-1-5-16)18(23)22(12-14-6-9-20-10-7-14)13-15-3-2-8-21-11-15/h2-3,6-11H,1,4-5,12-13H2. The van der Waals surface area contributed by atoms with Crippen molar-refractivity contribution in [3.63, 3.8) is 0 Å². The highest BCUT2D eigenvalue weighted by molar-refractivity contribution is 5.92. The van der Waals surface area contributed by atoms with E-state index in [4.69, 9.17) is 0 Å². The Morgan fingerprint density at radius 2 is 1.78 bits per heavy atom. The first-order chi connectivity index (χ1) is 11.2. The van der Waals surface area contributed by atoms with Crippen molar-refractivity contribution in [1.82, 2.24) is 14.9 Å². The third-order valence-corrected chi connectivity index (χ3v) is 3.96. The van der Waals surface area contributed by atoms with Gasteiger partial charge in [-0.25, -0.2) is 4.39 Å². The van der Waals surface area contributed by atoms with Crippen LogP contribution in [0.5, 0.6) is 0 Å². The molecule has 0 atom stereocenters. The average Bonchev–Trinajstić information content (AvgIpc) is 2.54. The minimum absolute atomic E-state index is 0.329. The van der Waals surface area contributed by atoms with Crippen LogP contribution in [0.2, 0.25) is 0 Å². The average molecular weight is 311 g/mol. The van der Waals surface area contributed by atoms with E-state index in [0.29, 0.717) is 31.5 Å². The van der Waals surface area contributed by atoms with Crippen LogP contribution in [0.25, 0.3) is 0 Å². The van der Waals surface area contributed by atoms with Gasteiger partial charge in [0.25, 0.3) is 5.91 Å². The van der Waals surface area contributed by atoms with Crippen LogP contribution in [0.1, 0.15) is 30.4 Å². The Morgan fingerprint density at radius 1 is 1.04 bits per heavy atom. The van der Waals surface area contributed by atoms with Gasteiger partial charge in [0.2, 0.25) is 0 Å². The molecular formula is C18H18FN3O. The van der Waals surface area contributed by atoms with Gasteiger partial charge in [-0.3, -0.25) is 14.8 Å². The molecule has 118 valence electrons. The molecule has 0 N–H and O–H groups in total. The quantitative estimate of drug-likeness (QED) is 0.795. The number of carbonyl (C=O) groups excluding carboxylic acids is 1. The van der Waals surface area contributed by atoms with Gasteiger partial charge in [0.05, 0.1) is 0 Å². The number of hydrogen-bond acceptors (Lipinski definition) is 3. The van der Waals surface area contributed by atoms with E-state index in [1.165, 1.54) is 4.90 Å². The number of pyridine rings is 2. The maximum Gasteiger partial charge on any atom is 0.283 e. The lowest BCUT2D eigenvalue weighted by molar-refractivity contribution is -0.130. The fourth-order valence-corrected chi connectivity index (χ4v) is 2.48. The minimum Gasteiger partial charge on any atom is -0.328 e. The maximum atomic E-state index is 14.4. The molecule has 0 radical (unpaired) electrons. The van der Waals surface area contributed by atoms with E-state index >= 15 is 0 Å². The van der Waals surface area contributed by atoms with Crippen molar-refractivity contribution in [1.29, 1.82) is 0 Å². The molecule has 0 unspecified atom stereocenters. The fraction of sp³-hybridized carbons (Fsp3) is 0.278. The summed E-state index contributed by atoms with van der Waals surface area (Å²) in [4.78, 5) is 22.1. The minimum atomic E-state index is -0.589. The summed E-state index contributed by atoms with van der Waals surface area (Å²) in [5.41, 5.74) is 2.44. The van der Waals surface area contributed by atoms with Gasteiger partial charge in [-0.05, 0) is 54.2 Å². The van der Waals surface area contributed by atoms with Crippen LogP contribution in [0.15, 0.2) is 60.5 Å². The van der Waals surface area contributed by atoms with Crippen molar-refractivity contribution < 1.29 is 9.18 Å². The zero-order valence-corrected chi connectivity index (χ0v) is 12.8. The summed E-state index contributed by atoms with van der Waals surface area (Å²) in [5, 5.41) is 0. The van der Waals surface area contributed by atoms with E-state index in [0.717, 1.165) is 17.5 Å². The van der Waals surface area contributed by atoms with Gasteiger partial charge in [0, 0.05) is 37.9 Å². The van der Waals surface area contributed by atoms with Crippen molar-refractivity contribution in [2.24, 2.45) is 0 Å². The van der Waals surface area contributed by atoms with Crippen LogP contribution in [0, 0.1) is 0 Å². The lowest BCUT2D eigenvalue weighted by Gasteiger charge is -2.25. The number of amides is 1. The molecule has 1 aliphatic carbocycles. The summed E-state index contributed by atoms with van der Waals surface area (Å²) in [5.74, 6) is -1.13. The summed E-state index contributed by atoms with van der Waals surface area (Å²) in [6.07, 6.45) is 9.05. The lowest BCUT2D eigenvalue weighted by Crippen LogP contribution is -2.31. The Morgan fingerprint density at radius 3 is 2.39 bits per heavy atom. The van der Waals surface area contributed by atoms with Crippen molar-refractivity contribution in [2.75, 3.05) is 0 Å². The number of halogens is 1. The number of rotatable bonds is 5. The van der Waals surface area contributed by atoms with Crippen LogP contribution in [0.4, 0.5) is 4.39 Å². The second-order valence-electron chi connectivity index (χ2n) is 5.65. The van der Waals surface area contributed by atoms with Crippen molar-refractivity contribution in [3.8, 4) is 0 Å². The van der Waals surface area contributed by atoms with E-state index in [2.05, 4.69) is 9.97 Å². The molecule has 0 spiro atoms. The van der Waals surface area contributed by atoms with Gasteiger partial charge >= 0.3 is 0 Å². The molecule has 0 saturated heterocycles. The molecular weight excluding hydrogens is 293 g/mol. The van der Waals surface area contributed by atoms with Gasteiger partial charge in [0.1, 0.15) is 0 Å². The molecule has 2 aromatic heterocycles. The molecule has 3 rings (SSSR count). The maximum absolute atomic E-state index is 14.4. The number of aromatic nitrogens is 2. The van der Waals surface area contributed by atoms with Crippen LogP contribution < -0.4 is 0 Å². The number of carbonyl (C=O) groups is 1. The van der Waals surface area contributed by atoms with Crippen LogP contribution in [-0.4, -0.2) is 20.8 Å². The summed E-state index contributed by atoms with van der Waals surface area (Å²) in [6.45, 7) is 0.673. The van der Waals surface area contributed by atoms with Crippen molar-refractivity contribution >= 4 is 5.91 Å². The second-order valence-corrected chi connectivity index (χ2v) is 5.65. The van der Waals surface area contributed by atoms with Gasteiger partial charge in [-0.15, -0.1) is 0 Å². The van der Waals surface area contributed by atoms with E-state index in [-0.39, 0.29) is 0 Å². The smallest absolute Gasteiger partial charge is 0.283 e. The molecule has 2 aromatic rings. The topological polar surface area (TPSA) is 46.1 Å². The molecule has 0 bridgehead atoms. The number of hydrogen-bond donors (Lipinski definition) is 0. The Bertz CT molecular complexity index is 653. The van der Waals surface area contributed by atoms with Crippen LogP contribution in [0.3, 0.4) is 0 Å². The zero-order valence-electron chi connectivity index (χ0n) is 12.8. The third-order valence-electron chi connectivity index (χ3n) is 3.96. The Balaban J connectivity index is 1.82. The van der Waals surface area contributed by atoms with Crippen molar-refractivity contribution in [3.05, 3.63) is 71.6 Å². The predicted molar refractivity (Wildman–Crippen MR) is 84.7 cm³/mol. The molecule has 0 aliphatic heterocycles. The molecule has 1 fully saturated rings. The highest BCUT2D eigenvalue weighted by atomic mass is 19.1. The molecule has 2 heterocycles. The Labute approximate surface area is 134 Å². The lowest BCUT2D eigenvalue weighted by atomic mass is 9.91. The van der Waals surface area contributed by atoms with Gasteiger partial charge in [0.15, 0.2) is 5.83 Å². The molecule has 23 heavy (non-hydrogen) atoms. The molecule has 1 aliphatic rings. The van der Waals surface area contributed by atoms with Gasteiger partial charge in [-0.1, -0.05) is 6.07 Å². The fourth-order valence-electron chi connectivity index (χ4n) is 2.48. The first kappa shape index (κ1) is 15.3. The second kappa shape index (κ2) is 7.13. The highest BCUT2D eigenvalue weighted by Gasteiger charge is 2.25. The molecule has 1 amide bonds. The number of nitrogens with zero attached hydrogens (tertiary/aromatic N) is 3. The predicted octanol–water partition coefficient (Wildman–Crippen LogP) is 3.41. The third kappa shape index (κ3) is 3.80. The summed E-state index contributed by atoms with van der Waals surface area (Å²) < 4.78 is 14.4. The van der Waals surface area contributed by atoms with E-state index in [1.54, 1.807) is 24.8 Å². The summed E-state index contributed by atoms with van der Waals surface area (Å²) in [6, 6.07) is 7.36. The zero-order chi connectivity index (χ0) is 16.1. The molecule has 1 saturated carbocycles. The number of allylic oxidation sites excluding steroid dienone is 1. The molecule has 4 nitrogen and oxygen atoms in total. The normalized spacial score (nSPS) is 13.3. The first-order valence-electron chi connectivity index (χ1n) is 7.68. The summed E-state index contributed by atoms with van der Waals surface area (Å²) >= 11 is 0. The van der Waals surface area contributed by atoms with E-state index in [1.807, 2.05) is 24.3 Å². The van der Waals surface area contributed by atoms with Crippen molar-refractivity contribution in [2.45, 2.75) is 32.4 Å². The van der Waals surface area contributed by atoms with Gasteiger partial charge < -0.3 is 4.90 Å². The monoisotopic (exact) mass is 311 g/mol. The Hall–Kier alpha value is -2.56. The summed E-state index contributed by atoms with van der Waals surface area (Å²) in [7, 11) is 0. The van der Waals surface area contributed by atoms with E-state index < -0.39 is 11.7 Å². The van der Waals surface area contributed by atoms with Gasteiger partial charge in [-0.2, -0.15) is 0 Å². The first-order valence-corrected chi connectivity index (χ1v) is 7.68. The van der Waals surface area contributed by atoms with Crippen LogP contribution in [-0.2, 0) is 17.9 Å². The SMILES string of the molecule is O=C(C(F)=C1CCC1)N(Cc1ccncc1)Cc1cccnc1.